The highest BCUT2D eigenvalue weighted by atomic mass is 79.9. The van der Waals surface area contributed by atoms with E-state index in [1.807, 2.05) is 27.7 Å². The van der Waals surface area contributed by atoms with Crippen molar-refractivity contribution in [1.29, 1.82) is 0 Å². The Bertz CT molecular complexity index is 1670. The molecule has 4 aromatic rings. The molecule has 0 saturated carbocycles. The lowest BCUT2D eigenvalue weighted by Crippen LogP contribution is -2.26. The monoisotopic (exact) mass is 749 g/mol. The van der Waals surface area contributed by atoms with Crippen molar-refractivity contribution in [2.24, 2.45) is 0 Å². The number of nitrogens with two attached hydrogens (primary N) is 2. The number of nitrogen functional groups attached to an aromatic ring is 2. The van der Waals surface area contributed by atoms with Crippen LogP contribution in [0.3, 0.4) is 0 Å². The summed E-state index contributed by atoms with van der Waals surface area (Å²) in [5.74, 6) is 0.598. The zero-order chi connectivity index (χ0) is 35.1. The second kappa shape index (κ2) is 19.9. The van der Waals surface area contributed by atoms with Gasteiger partial charge in [0.2, 0.25) is 0 Å². The molecule has 0 saturated heterocycles. The van der Waals surface area contributed by atoms with E-state index in [9.17, 15) is 18.4 Å². The minimum absolute atomic E-state index is 0.122. The number of thioether (sulfide) groups is 2. The molecule has 0 aliphatic carbocycles. The summed E-state index contributed by atoms with van der Waals surface area (Å²) < 4.78 is 26.7. The molecular formula is C32H38BrF2N7O3S2. The standard InChI is InChI=1S/C15H16FN3OS.C9H14N4O2S.C8H8BrF/c1-3-9-5-6-10(16)7-11(9)13(20)12-8-18-15(21-4-2)19-14(12)17;1-4-16-9-11-5-6(7(10)12-9)8(14)13(2)15-3;1-2-6-3-4-7(10)5-8(6)9/h5-8H,3-4H2,1-2H3,(H2,17,18,19);5H,4H2,1-3H3,(H2,10,11,12);3-5H,2H2,1H3. The number of aryl methyl sites for hydroxylation is 2. The Balaban J connectivity index is 0.000000261. The van der Waals surface area contributed by atoms with Crippen LogP contribution in [-0.2, 0) is 17.7 Å². The lowest BCUT2D eigenvalue weighted by molar-refractivity contribution is -0.0756. The van der Waals surface area contributed by atoms with E-state index in [1.54, 1.807) is 12.1 Å². The Morgan fingerprint density at radius 3 is 1.74 bits per heavy atom. The Hall–Kier alpha value is -3.66. The maximum Gasteiger partial charge on any atom is 0.282 e. The highest BCUT2D eigenvalue weighted by molar-refractivity contribution is 9.10. The van der Waals surface area contributed by atoms with Gasteiger partial charge in [-0.2, -0.15) is 0 Å². The quantitative estimate of drug-likeness (QED) is 0.0743. The number of hydrogen-bond acceptors (Lipinski definition) is 11. The van der Waals surface area contributed by atoms with Crippen LogP contribution in [0.5, 0.6) is 0 Å². The fourth-order valence-electron chi connectivity index (χ4n) is 3.77. The van der Waals surface area contributed by atoms with Gasteiger partial charge in [0, 0.05) is 29.5 Å². The number of nitrogens with zero attached hydrogens (tertiary/aromatic N) is 5. The Kier molecular flexibility index (Phi) is 16.7. The molecule has 0 spiro atoms. The van der Waals surface area contributed by atoms with Crippen LogP contribution < -0.4 is 11.5 Å². The fraction of sp³-hybridized carbons (Fsp3) is 0.312. The van der Waals surface area contributed by atoms with E-state index in [4.69, 9.17) is 16.3 Å². The minimum Gasteiger partial charge on any atom is -0.383 e. The van der Waals surface area contributed by atoms with Gasteiger partial charge in [0.15, 0.2) is 16.1 Å². The molecule has 4 N–H and O–H groups in total. The molecule has 1 amide bonds. The van der Waals surface area contributed by atoms with Crippen LogP contribution in [0.4, 0.5) is 20.4 Å². The summed E-state index contributed by atoms with van der Waals surface area (Å²) >= 11 is 6.18. The summed E-state index contributed by atoms with van der Waals surface area (Å²) in [7, 11) is 2.90. The minimum atomic E-state index is -0.451. The Morgan fingerprint density at radius 1 is 0.809 bits per heavy atom. The first-order chi connectivity index (χ1) is 22.4. The van der Waals surface area contributed by atoms with Gasteiger partial charge in [-0.25, -0.2) is 33.8 Å². The number of hydroxylamine groups is 2. The van der Waals surface area contributed by atoms with Gasteiger partial charge in [-0.3, -0.25) is 14.4 Å². The van der Waals surface area contributed by atoms with Crippen molar-refractivity contribution in [1.82, 2.24) is 25.0 Å². The molecule has 0 unspecified atom stereocenters. The van der Waals surface area contributed by atoms with E-state index in [2.05, 4.69) is 35.9 Å². The van der Waals surface area contributed by atoms with Crippen LogP contribution in [0.1, 0.15) is 65.1 Å². The number of carbonyl (C=O) groups excluding carboxylic acids is 2. The lowest BCUT2D eigenvalue weighted by atomic mass is 9.98. The van der Waals surface area contributed by atoms with E-state index in [0.717, 1.165) is 38.6 Å². The average Bonchev–Trinajstić information content (AvgIpc) is 3.05. The van der Waals surface area contributed by atoms with Crippen LogP contribution in [0, 0.1) is 11.6 Å². The molecule has 2 aromatic carbocycles. The van der Waals surface area contributed by atoms with Crippen molar-refractivity contribution in [2.75, 3.05) is 37.1 Å². The molecule has 252 valence electrons. The van der Waals surface area contributed by atoms with E-state index in [0.29, 0.717) is 22.3 Å². The van der Waals surface area contributed by atoms with Gasteiger partial charge in [-0.05, 0) is 59.7 Å². The van der Waals surface area contributed by atoms with Gasteiger partial charge in [0.25, 0.3) is 5.91 Å². The molecule has 10 nitrogen and oxygen atoms in total. The number of carbonyl (C=O) groups is 2. The van der Waals surface area contributed by atoms with Gasteiger partial charge < -0.3 is 11.5 Å². The van der Waals surface area contributed by atoms with E-state index >= 15 is 0 Å². The smallest absolute Gasteiger partial charge is 0.282 e. The van der Waals surface area contributed by atoms with Gasteiger partial charge >= 0.3 is 0 Å². The number of halogens is 3. The van der Waals surface area contributed by atoms with Crippen LogP contribution in [-0.4, -0.2) is 62.4 Å². The molecule has 0 radical (unpaired) electrons. The topological polar surface area (TPSA) is 150 Å². The predicted molar refractivity (Wildman–Crippen MR) is 187 cm³/mol. The van der Waals surface area contributed by atoms with Gasteiger partial charge in [-0.1, -0.05) is 79.3 Å². The average molecular weight is 751 g/mol. The summed E-state index contributed by atoms with van der Waals surface area (Å²) in [6.07, 6.45) is 4.39. The zero-order valence-electron chi connectivity index (χ0n) is 27.0. The highest BCUT2D eigenvalue weighted by Crippen LogP contribution is 2.22. The molecule has 4 rings (SSSR count). The molecule has 0 aliphatic heterocycles. The molecule has 0 atom stereocenters. The maximum atomic E-state index is 13.4. The first-order valence-corrected chi connectivity index (χ1v) is 17.3. The van der Waals surface area contributed by atoms with E-state index < -0.39 is 5.82 Å². The second-order valence-electron chi connectivity index (χ2n) is 9.33. The highest BCUT2D eigenvalue weighted by Gasteiger charge is 2.19. The zero-order valence-corrected chi connectivity index (χ0v) is 30.2. The van der Waals surface area contributed by atoms with Crippen molar-refractivity contribution in [3.05, 3.63) is 92.7 Å². The van der Waals surface area contributed by atoms with Gasteiger partial charge in [0.05, 0.1) is 12.7 Å². The first-order valence-electron chi connectivity index (χ1n) is 14.5. The third-order valence-corrected chi connectivity index (χ3v) is 8.49. The summed E-state index contributed by atoms with van der Waals surface area (Å²) in [6.45, 7) is 7.91. The summed E-state index contributed by atoms with van der Waals surface area (Å²) in [5.41, 5.74) is 14.2. The predicted octanol–water partition coefficient (Wildman–Crippen LogP) is 7.06. The van der Waals surface area contributed by atoms with Crippen molar-refractivity contribution in [3.8, 4) is 0 Å². The second-order valence-corrected chi connectivity index (χ2v) is 12.6. The largest absolute Gasteiger partial charge is 0.383 e. The lowest BCUT2D eigenvalue weighted by Gasteiger charge is -2.14. The first kappa shape index (κ1) is 39.5. The van der Waals surface area contributed by atoms with Crippen molar-refractivity contribution in [2.45, 2.75) is 50.8 Å². The number of ketones is 1. The summed E-state index contributed by atoms with van der Waals surface area (Å²) in [4.78, 5) is 45.3. The van der Waals surface area contributed by atoms with E-state index in [-0.39, 0.29) is 40.3 Å². The van der Waals surface area contributed by atoms with Gasteiger partial charge in [0.1, 0.15) is 28.8 Å². The molecule has 0 bridgehead atoms. The number of benzene rings is 2. The van der Waals surface area contributed by atoms with Crippen molar-refractivity contribution in [3.63, 3.8) is 0 Å². The maximum absolute atomic E-state index is 13.4. The molecule has 0 aliphatic rings. The van der Waals surface area contributed by atoms with E-state index in [1.165, 1.54) is 74.3 Å². The molecule has 47 heavy (non-hydrogen) atoms. The van der Waals surface area contributed by atoms with Crippen LogP contribution >= 0.6 is 39.5 Å². The molecule has 2 heterocycles. The molecule has 2 aromatic heterocycles. The number of anilines is 2. The number of hydrogen-bond donors (Lipinski definition) is 2. The van der Waals surface area contributed by atoms with Crippen LogP contribution in [0.15, 0.2) is 63.6 Å². The number of amides is 1. The normalized spacial score (nSPS) is 10.3. The SMILES string of the molecule is CCSc1ncc(C(=O)N(C)OC)c(N)n1.CCSc1ncc(C(=O)c2cc(F)ccc2CC)c(N)n1.CCc1ccc(F)cc1Br. The molecular weight excluding hydrogens is 712 g/mol. The van der Waals surface area contributed by atoms with Crippen LogP contribution in [0.25, 0.3) is 0 Å². The number of aromatic nitrogens is 4. The number of rotatable bonds is 10. The third-order valence-electron chi connectivity index (χ3n) is 6.27. The molecule has 15 heteroatoms. The van der Waals surface area contributed by atoms with Crippen LogP contribution in [0.2, 0.25) is 0 Å². The van der Waals surface area contributed by atoms with Crippen molar-refractivity contribution >= 4 is 62.8 Å². The Labute approximate surface area is 290 Å². The summed E-state index contributed by atoms with van der Waals surface area (Å²) in [5, 5.41) is 2.17. The fourth-order valence-corrected chi connectivity index (χ4v) is 5.50. The van der Waals surface area contributed by atoms with Gasteiger partial charge in [-0.15, -0.1) is 0 Å². The summed E-state index contributed by atoms with van der Waals surface area (Å²) in [6, 6.07) is 8.94. The van der Waals surface area contributed by atoms with Crippen molar-refractivity contribution < 1.29 is 23.2 Å². The Morgan fingerprint density at radius 2 is 1.30 bits per heavy atom. The molecule has 0 fully saturated rings. The third kappa shape index (κ3) is 11.8.